The van der Waals surface area contributed by atoms with E-state index in [0.717, 1.165) is 17.0 Å². The second-order valence-electron chi connectivity index (χ2n) is 4.32. The Morgan fingerprint density at radius 1 is 1.70 bits per heavy atom. The second-order valence-corrected chi connectivity index (χ2v) is 4.87. The van der Waals surface area contributed by atoms with Crippen LogP contribution in [0.4, 0.5) is 0 Å². The van der Waals surface area contributed by atoms with E-state index < -0.39 is 6.10 Å². The second kappa shape index (κ2) is 6.95. The molecule has 20 heavy (non-hydrogen) atoms. The van der Waals surface area contributed by atoms with Crippen molar-refractivity contribution in [1.82, 2.24) is 10.2 Å². The van der Waals surface area contributed by atoms with Gasteiger partial charge in [0.2, 0.25) is 0 Å². The predicted octanol–water partition coefficient (Wildman–Crippen LogP) is 1.08. The van der Waals surface area contributed by atoms with Crippen LogP contribution in [-0.2, 0) is 4.74 Å². The standard InChI is InChI=1S/C12H15IN4O3/c1-8-9(5-15-13)4-10-11(12(8)18)14-6-17(10)7-20-3-2-16-19/h4-5,12,14,18H,1-3,6-7H2. The summed E-state index contributed by atoms with van der Waals surface area (Å²) in [6.07, 6.45) is 2.80. The summed E-state index contributed by atoms with van der Waals surface area (Å²) in [5.74, 6) is 0. The Balaban J connectivity index is 2.11. The molecule has 8 heteroatoms. The quantitative estimate of drug-likeness (QED) is 0.307. The summed E-state index contributed by atoms with van der Waals surface area (Å²) in [4.78, 5) is 11.9. The third kappa shape index (κ3) is 3.07. The Morgan fingerprint density at radius 3 is 3.20 bits per heavy atom. The van der Waals surface area contributed by atoms with Gasteiger partial charge in [-0.2, -0.15) is 4.91 Å². The molecular formula is C12H15IN4O3. The van der Waals surface area contributed by atoms with Gasteiger partial charge in [0.25, 0.3) is 0 Å². The van der Waals surface area contributed by atoms with E-state index in [0.29, 0.717) is 19.0 Å². The molecule has 0 spiro atoms. The Bertz CT molecular complexity index is 501. The van der Waals surface area contributed by atoms with Crippen LogP contribution in [0.15, 0.2) is 43.6 Å². The van der Waals surface area contributed by atoms with Crippen LogP contribution in [0.3, 0.4) is 0 Å². The number of halogens is 1. The van der Waals surface area contributed by atoms with Crippen LogP contribution < -0.4 is 5.32 Å². The minimum atomic E-state index is -0.763. The number of hydrogen-bond acceptors (Lipinski definition) is 7. The van der Waals surface area contributed by atoms with Crippen LogP contribution in [0.5, 0.6) is 0 Å². The van der Waals surface area contributed by atoms with Crippen LogP contribution in [0, 0.1) is 4.91 Å². The van der Waals surface area contributed by atoms with Gasteiger partial charge in [0.05, 0.1) is 47.5 Å². The summed E-state index contributed by atoms with van der Waals surface area (Å²) in [5.41, 5.74) is 2.98. The number of nitrogens with one attached hydrogen (secondary N) is 1. The van der Waals surface area contributed by atoms with Gasteiger partial charge >= 0.3 is 0 Å². The summed E-state index contributed by atoms with van der Waals surface area (Å²) >= 11 is 1.88. The molecule has 0 bridgehead atoms. The number of nitrogens with zero attached hydrogens (tertiary/aromatic N) is 3. The van der Waals surface area contributed by atoms with Gasteiger partial charge in [-0.1, -0.05) is 11.8 Å². The zero-order chi connectivity index (χ0) is 14.5. The Hall–Kier alpha value is -1.26. The summed E-state index contributed by atoms with van der Waals surface area (Å²) in [6, 6.07) is 0. The van der Waals surface area contributed by atoms with Gasteiger partial charge in [0, 0.05) is 11.8 Å². The number of nitroso groups, excluding NO2 is 1. The van der Waals surface area contributed by atoms with Crippen LogP contribution in [0.2, 0.25) is 0 Å². The third-order valence-corrected chi connectivity index (χ3v) is 3.38. The van der Waals surface area contributed by atoms with Crippen molar-refractivity contribution in [3.63, 3.8) is 0 Å². The highest BCUT2D eigenvalue weighted by atomic mass is 127. The smallest absolute Gasteiger partial charge is 0.121 e. The molecule has 0 aromatic carbocycles. The summed E-state index contributed by atoms with van der Waals surface area (Å²) in [6.45, 7) is 5.16. The molecule has 2 rings (SSSR count). The molecule has 0 aromatic rings. The SMILES string of the molecule is C=C1C(C=NI)=CC2=C(NCN2COCCN=O)C1O. The van der Waals surface area contributed by atoms with E-state index in [-0.39, 0.29) is 13.2 Å². The van der Waals surface area contributed by atoms with Crippen molar-refractivity contribution in [3.8, 4) is 0 Å². The number of ether oxygens (including phenoxy) is 1. The minimum Gasteiger partial charge on any atom is -0.382 e. The maximum Gasteiger partial charge on any atom is 0.121 e. The van der Waals surface area contributed by atoms with Crippen LogP contribution >= 0.6 is 22.9 Å². The Morgan fingerprint density at radius 2 is 2.50 bits per heavy atom. The van der Waals surface area contributed by atoms with Gasteiger partial charge in [-0.25, -0.2) is 3.21 Å². The van der Waals surface area contributed by atoms with E-state index in [1.807, 2.05) is 33.8 Å². The molecule has 0 radical (unpaired) electrons. The average Bonchev–Trinajstić information content (AvgIpc) is 2.84. The van der Waals surface area contributed by atoms with Crippen molar-refractivity contribution in [1.29, 1.82) is 0 Å². The number of aliphatic hydroxyl groups excluding tert-OH is 1. The highest BCUT2D eigenvalue weighted by molar-refractivity contribution is 14.1. The highest BCUT2D eigenvalue weighted by Crippen LogP contribution is 2.31. The fourth-order valence-corrected chi connectivity index (χ4v) is 2.37. The molecule has 108 valence electrons. The van der Waals surface area contributed by atoms with Crippen LogP contribution in [-0.4, -0.2) is 48.9 Å². The predicted molar refractivity (Wildman–Crippen MR) is 84.1 cm³/mol. The zero-order valence-corrected chi connectivity index (χ0v) is 12.9. The molecule has 0 saturated heterocycles. The maximum atomic E-state index is 10.2. The molecule has 0 aromatic heterocycles. The maximum absolute atomic E-state index is 10.2. The highest BCUT2D eigenvalue weighted by Gasteiger charge is 2.31. The van der Waals surface area contributed by atoms with Crippen molar-refractivity contribution < 1.29 is 9.84 Å². The molecule has 1 unspecified atom stereocenters. The minimum absolute atomic E-state index is 0.134. The number of allylic oxidation sites excluding steroid dienone is 1. The molecule has 1 aliphatic heterocycles. The van der Waals surface area contributed by atoms with Gasteiger partial charge in [0.15, 0.2) is 0 Å². The van der Waals surface area contributed by atoms with E-state index >= 15 is 0 Å². The first-order valence-electron chi connectivity index (χ1n) is 6.02. The zero-order valence-electron chi connectivity index (χ0n) is 10.8. The lowest BCUT2D eigenvalue weighted by molar-refractivity contribution is 0.0574. The molecule has 0 fully saturated rings. The monoisotopic (exact) mass is 390 g/mol. The fraction of sp³-hybridized carbons (Fsp3) is 0.417. The topological polar surface area (TPSA) is 86.5 Å². The summed E-state index contributed by atoms with van der Waals surface area (Å²) in [5, 5.41) is 16.1. The van der Waals surface area contributed by atoms with Crippen LogP contribution in [0.1, 0.15) is 0 Å². The van der Waals surface area contributed by atoms with Gasteiger partial charge in [-0.3, -0.25) is 0 Å². The van der Waals surface area contributed by atoms with Gasteiger partial charge in [0.1, 0.15) is 19.4 Å². The fourth-order valence-electron chi connectivity index (χ4n) is 2.07. The van der Waals surface area contributed by atoms with E-state index in [9.17, 15) is 10.0 Å². The lowest BCUT2D eigenvalue weighted by atomic mass is 9.94. The van der Waals surface area contributed by atoms with E-state index in [1.54, 1.807) is 6.21 Å². The summed E-state index contributed by atoms with van der Waals surface area (Å²) < 4.78 is 9.29. The molecule has 0 amide bonds. The summed E-state index contributed by atoms with van der Waals surface area (Å²) in [7, 11) is 0. The van der Waals surface area contributed by atoms with E-state index in [1.165, 1.54) is 0 Å². The van der Waals surface area contributed by atoms with Crippen molar-refractivity contribution in [2.45, 2.75) is 6.10 Å². The van der Waals surface area contributed by atoms with Crippen molar-refractivity contribution in [2.24, 2.45) is 8.38 Å². The number of rotatable bonds is 6. The van der Waals surface area contributed by atoms with Gasteiger partial charge in [-0.05, 0) is 11.6 Å². The number of hydrogen-bond donors (Lipinski definition) is 2. The molecule has 2 aliphatic rings. The van der Waals surface area contributed by atoms with E-state index in [4.69, 9.17) is 4.74 Å². The molecule has 1 aliphatic carbocycles. The Labute approximate surface area is 130 Å². The molecule has 7 nitrogen and oxygen atoms in total. The first kappa shape index (κ1) is 15.1. The lowest BCUT2D eigenvalue weighted by Crippen LogP contribution is -2.27. The lowest BCUT2D eigenvalue weighted by Gasteiger charge is -2.24. The number of aliphatic hydroxyl groups is 1. The average molecular weight is 390 g/mol. The molecular weight excluding hydrogens is 375 g/mol. The van der Waals surface area contributed by atoms with Crippen molar-refractivity contribution >= 4 is 29.1 Å². The van der Waals surface area contributed by atoms with Crippen molar-refractivity contribution in [3.05, 3.63) is 40.1 Å². The van der Waals surface area contributed by atoms with Crippen molar-refractivity contribution in [2.75, 3.05) is 26.6 Å². The van der Waals surface area contributed by atoms with Gasteiger partial charge in [-0.15, -0.1) is 0 Å². The molecule has 1 heterocycles. The Kier molecular flexibility index (Phi) is 5.26. The normalized spacial score (nSPS) is 22.1. The molecule has 1 atom stereocenters. The molecule has 0 saturated carbocycles. The molecule has 2 N–H and O–H groups in total. The largest absolute Gasteiger partial charge is 0.382 e. The van der Waals surface area contributed by atoms with Crippen LogP contribution in [0.25, 0.3) is 0 Å². The van der Waals surface area contributed by atoms with Gasteiger partial charge < -0.3 is 20.1 Å². The van der Waals surface area contributed by atoms with E-state index in [2.05, 4.69) is 20.3 Å². The first-order valence-corrected chi connectivity index (χ1v) is 6.98. The first-order chi connectivity index (χ1) is 9.69. The third-order valence-electron chi connectivity index (χ3n) is 3.11.